The minimum absolute atomic E-state index is 0.178. The lowest BCUT2D eigenvalue weighted by atomic mass is 10.2. The van der Waals surface area contributed by atoms with Crippen molar-refractivity contribution < 1.29 is 14.3 Å². The van der Waals surface area contributed by atoms with Crippen LogP contribution in [0.15, 0.2) is 53.6 Å². The Labute approximate surface area is 140 Å². The van der Waals surface area contributed by atoms with E-state index in [4.69, 9.17) is 4.74 Å². The molecule has 0 aliphatic rings. The SMILES string of the molecule is COc1ccccc1C(=O)NCC(=O)NN=Cc1ccc(C)cc1. The monoisotopic (exact) mass is 325 g/mol. The van der Waals surface area contributed by atoms with Gasteiger partial charge in [-0.1, -0.05) is 42.0 Å². The molecule has 6 heteroatoms. The highest BCUT2D eigenvalue weighted by Crippen LogP contribution is 2.16. The zero-order chi connectivity index (χ0) is 17.4. The zero-order valence-corrected chi connectivity index (χ0v) is 13.6. The minimum Gasteiger partial charge on any atom is -0.496 e. The van der Waals surface area contributed by atoms with Crippen LogP contribution in [0, 0.1) is 6.92 Å². The van der Waals surface area contributed by atoms with E-state index < -0.39 is 5.91 Å². The summed E-state index contributed by atoms with van der Waals surface area (Å²) in [7, 11) is 1.48. The summed E-state index contributed by atoms with van der Waals surface area (Å²) in [5.41, 5.74) is 4.76. The van der Waals surface area contributed by atoms with E-state index in [-0.39, 0.29) is 12.5 Å². The number of hydrogen-bond acceptors (Lipinski definition) is 4. The van der Waals surface area contributed by atoms with Crippen LogP contribution in [-0.4, -0.2) is 31.7 Å². The summed E-state index contributed by atoms with van der Waals surface area (Å²) in [4.78, 5) is 23.8. The van der Waals surface area contributed by atoms with Gasteiger partial charge in [0.15, 0.2) is 0 Å². The fraction of sp³-hybridized carbons (Fsp3) is 0.167. The fourth-order valence-corrected chi connectivity index (χ4v) is 1.96. The van der Waals surface area contributed by atoms with E-state index in [0.717, 1.165) is 11.1 Å². The summed E-state index contributed by atoms with van der Waals surface area (Å²) in [6, 6.07) is 14.5. The van der Waals surface area contributed by atoms with Crippen molar-refractivity contribution in [3.05, 3.63) is 65.2 Å². The number of hydrazone groups is 1. The summed E-state index contributed by atoms with van der Waals surface area (Å²) in [5.74, 6) is -0.348. The maximum absolute atomic E-state index is 12.0. The summed E-state index contributed by atoms with van der Waals surface area (Å²) in [6.07, 6.45) is 1.54. The molecule has 2 amide bonds. The number of methoxy groups -OCH3 is 1. The van der Waals surface area contributed by atoms with Crippen LogP contribution in [0.5, 0.6) is 5.75 Å². The molecule has 0 saturated carbocycles. The molecule has 0 radical (unpaired) electrons. The van der Waals surface area contributed by atoms with Crippen molar-refractivity contribution >= 4 is 18.0 Å². The second-order valence-electron chi connectivity index (χ2n) is 5.09. The van der Waals surface area contributed by atoms with Gasteiger partial charge in [0.1, 0.15) is 5.75 Å². The standard InChI is InChI=1S/C18H19N3O3/c1-13-7-9-14(10-8-13)11-20-21-17(22)12-19-18(23)15-5-3-4-6-16(15)24-2/h3-11H,12H2,1-2H3,(H,19,23)(H,21,22). The molecule has 124 valence electrons. The van der Waals surface area contributed by atoms with Gasteiger partial charge < -0.3 is 10.1 Å². The van der Waals surface area contributed by atoms with E-state index in [1.807, 2.05) is 31.2 Å². The van der Waals surface area contributed by atoms with E-state index in [1.165, 1.54) is 7.11 Å². The number of carbonyl (C=O) groups is 2. The van der Waals surface area contributed by atoms with E-state index in [9.17, 15) is 9.59 Å². The molecule has 24 heavy (non-hydrogen) atoms. The number of benzene rings is 2. The van der Waals surface area contributed by atoms with Crippen LogP contribution in [0.3, 0.4) is 0 Å². The van der Waals surface area contributed by atoms with Crippen molar-refractivity contribution in [1.29, 1.82) is 0 Å². The normalized spacial score (nSPS) is 10.4. The third kappa shape index (κ3) is 4.95. The number of amides is 2. The Hall–Kier alpha value is -3.15. The summed E-state index contributed by atoms with van der Waals surface area (Å²) in [5, 5.41) is 6.38. The average molecular weight is 325 g/mol. The maximum atomic E-state index is 12.0. The summed E-state index contributed by atoms with van der Waals surface area (Å²) in [6.45, 7) is 1.81. The first kappa shape index (κ1) is 17.2. The molecule has 0 saturated heterocycles. The predicted molar refractivity (Wildman–Crippen MR) is 92.2 cm³/mol. The van der Waals surface area contributed by atoms with Crippen molar-refractivity contribution in [1.82, 2.24) is 10.7 Å². The van der Waals surface area contributed by atoms with Gasteiger partial charge in [-0.25, -0.2) is 5.43 Å². The molecule has 2 aromatic rings. The van der Waals surface area contributed by atoms with Crippen molar-refractivity contribution in [2.45, 2.75) is 6.92 Å². The highest BCUT2D eigenvalue weighted by Gasteiger charge is 2.12. The van der Waals surface area contributed by atoms with Crippen molar-refractivity contribution in [2.24, 2.45) is 5.10 Å². The zero-order valence-electron chi connectivity index (χ0n) is 13.6. The lowest BCUT2D eigenvalue weighted by Gasteiger charge is -2.08. The molecule has 0 unspecified atom stereocenters. The van der Waals surface area contributed by atoms with Gasteiger partial charge in [0.25, 0.3) is 11.8 Å². The number of rotatable bonds is 6. The number of ether oxygens (including phenoxy) is 1. The molecule has 0 aliphatic carbocycles. The Bertz CT molecular complexity index is 739. The molecule has 2 rings (SSSR count). The molecule has 2 N–H and O–H groups in total. The van der Waals surface area contributed by atoms with Gasteiger partial charge in [0.2, 0.25) is 0 Å². The lowest BCUT2D eigenvalue weighted by molar-refractivity contribution is -0.120. The molecule has 6 nitrogen and oxygen atoms in total. The van der Waals surface area contributed by atoms with Crippen molar-refractivity contribution in [2.75, 3.05) is 13.7 Å². The van der Waals surface area contributed by atoms with Gasteiger partial charge in [0, 0.05) is 0 Å². The largest absolute Gasteiger partial charge is 0.496 e. The molecule has 2 aromatic carbocycles. The quantitative estimate of drug-likeness (QED) is 0.629. The van der Waals surface area contributed by atoms with E-state index in [2.05, 4.69) is 15.8 Å². The number of aryl methyl sites for hydroxylation is 1. The molecular formula is C18H19N3O3. The first-order chi connectivity index (χ1) is 11.6. The van der Waals surface area contributed by atoms with Crippen LogP contribution in [-0.2, 0) is 4.79 Å². The molecule has 0 bridgehead atoms. The van der Waals surface area contributed by atoms with E-state index in [0.29, 0.717) is 11.3 Å². The van der Waals surface area contributed by atoms with Gasteiger partial charge in [-0.15, -0.1) is 0 Å². The Kier molecular flexibility index (Phi) is 6.08. The van der Waals surface area contributed by atoms with Gasteiger partial charge in [0.05, 0.1) is 25.4 Å². The average Bonchev–Trinajstić information content (AvgIpc) is 2.61. The summed E-state index contributed by atoms with van der Waals surface area (Å²) >= 11 is 0. The van der Waals surface area contributed by atoms with E-state index >= 15 is 0 Å². The maximum Gasteiger partial charge on any atom is 0.259 e. The number of hydrogen-bond donors (Lipinski definition) is 2. The smallest absolute Gasteiger partial charge is 0.259 e. The topological polar surface area (TPSA) is 79.8 Å². The Morgan fingerprint density at radius 3 is 2.54 bits per heavy atom. The van der Waals surface area contributed by atoms with Gasteiger partial charge in [-0.3, -0.25) is 9.59 Å². The van der Waals surface area contributed by atoms with Crippen LogP contribution < -0.4 is 15.5 Å². The van der Waals surface area contributed by atoms with Crippen LogP contribution in [0.2, 0.25) is 0 Å². The van der Waals surface area contributed by atoms with Crippen LogP contribution >= 0.6 is 0 Å². The molecule has 0 aromatic heterocycles. The van der Waals surface area contributed by atoms with Crippen molar-refractivity contribution in [3.8, 4) is 5.75 Å². The second kappa shape index (κ2) is 8.47. The number of nitrogens with one attached hydrogen (secondary N) is 2. The molecular weight excluding hydrogens is 306 g/mol. The van der Waals surface area contributed by atoms with Crippen LogP contribution in [0.4, 0.5) is 0 Å². The predicted octanol–water partition coefficient (Wildman–Crippen LogP) is 1.88. The Balaban J connectivity index is 1.82. The van der Waals surface area contributed by atoms with E-state index in [1.54, 1.807) is 30.5 Å². The number of nitrogens with zero attached hydrogens (tertiary/aromatic N) is 1. The lowest BCUT2D eigenvalue weighted by Crippen LogP contribution is -2.35. The second-order valence-corrected chi connectivity index (χ2v) is 5.09. The fourth-order valence-electron chi connectivity index (χ4n) is 1.96. The highest BCUT2D eigenvalue weighted by molar-refractivity contribution is 5.98. The van der Waals surface area contributed by atoms with Crippen molar-refractivity contribution in [3.63, 3.8) is 0 Å². The molecule has 0 atom stereocenters. The minimum atomic E-state index is -0.415. The highest BCUT2D eigenvalue weighted by atomic mass is 16.5. The van der Waals surface area contributed by atoms with Gasteiger partial charge in [-0.2, -0.15) is 5.10 Å². The third-order valence-electron chi connectivity index (χ3n) is 3.24. The van der Waals surface area contributed by atoms with Crippen LogP contribution in [0.25, 0.3) is 0 Å². The molecule has 0 heterocycles. The number of carbonyl (C=O) groups excluding carboxylic acids is 2. The van der Waals surface area contributed by atoms with Crippen LogP contribution in [0.1, 0.15) is 21.5 Å². The Morgan fingerprint density at radius 1 is 1.12 bits per heavy atom. The van der Waals surface area contributed by atoms with Gasteiger partial charge in [-0.05, 0) is 24.6 Å². The number of para-hydroxylation sites is 1. The molecule has 0 fully saturated rings. The molecule has 0 aliphatic heterocycles. The first-order valence-corrected chi connectivity index (χ1v) is 7.40. The first-order valence-electron chi connectivity index (χ1n) is 7.40. The Morgan fingerprint density at radius 2 is 1.83 bits per heavy atom. The van der Waals surface area contributed by atoms with Gasteiger partial charge >= 0.3 is 0 Å². The molecule has 0 spiro atoms. The summed E-state index contributed by atoms with van der Waals surface area (Å²) < 4.78 is 5.11. The third-order valence-corrected chi connectivity index (χ3v) is 3.24.